The highest BCUT2D eigenvalue weighted by Gasteiger charge is 2.26. The van der Waals surface area contributed by atoms with Crippen LogP contribution in [0.15, 0.2) is 18.2 Å². The van der Waals surface area contributed by atoms with Crippen molar-refractivity contribution in [2.75, 3.05) is 0 Å². The molecule has 2 atom stereocenters. The Morgan fingerprint density at radius 2 is 1.78 bits per heavy atom. The summed E-state index contributed by atoms with van der Waals surface area (Å²) in [5.41, 5.74) is 0. The molecule has 1 aromatic carbocycles. The normalized spacial score (nSPS) is 16.3. The zero-order chi connectivity index (χ0) is 20.0. The van der Waals surface area contributed by atoms with Crippen molar-refractivity contribution in [1.29, 1.82) is 0 Å². The molecule has 1 aromatic rings. The van der Waals surface area contributed by atoms with Gasteiger partial charge in [-0.2, -0.15) is 0 Å². The van der Waals surface area contributed by atoms with Gasteiger partial charge in [-0.1, -0.05) is 36.0 Å². The summed E-state index contributed by atoms with van der Waals surface area (Å²) in [7, 11) is 0. The molecule has 1 aliphatic rings. The van der Waals surface area contributed by atoms with Crippen LogP contribution in [0, 0.1) is 0 Å². The number of halogens is 2. The van der Waals surface area contributed by atoms with Crippen LogP contribution < -0.4 is 15.4 Å². The third-order valence-electron chi connectivity index (χ3n) is 4.12. The van der Waals surface area contributed by atoms with Crippen LogP contribution in [0.5, 0.6) is 5.75 Å². The van der Waals surface area contributed by atoms with Crippen molar-refractivity contribution in [3.05, 3.63) is 28.2 Å². The van der Waals surface area contributed by atoms with Gasteiger partial charge in [0.15, 0.2) is 12.2 Å². The van der Waals surface area contributed by atoms with Crippen LogP contribution in [-0.2, 0) is 14.3 Å². The van der Waals surface area contributed by atoms with Crippen LogP contribution >= 0.6 is 23.2 Å². The summed E-state index contributed by atoms with van der Waals surface area (Å²) < 4.78 is 10.5. The predicted octanol–water partition coefficient (Wildman–Crippen LogP) is 3.46. The Kier molecular flexibility index (Phi) is 7.74. The lowest BCUT2D eigenvalue weighted by atomic mass is 10.2. The number of carbonyl (C=O) groups is 3. The highest BCUT2D eigenvalue weighted by atomic mass is 35.5. The summed E-state index contributed by atoms with van der Waals surface area (Å²) in [6.45, 7) is 2.84. The second-order valence-electron chi connectivity index (χ2n) is 6.36. The number of urea groups is 1. The Morgan fingerprint density at radius 3 is 2.41 bits per heavy atom. The van der Waals surface area contributed by atoms with Crippen LogP contribution in [0.3, 0.4) is 0 Å². The smallest absolute Gasteiger partial charge is 0.347 e. The van der Waals surface area contributed by atoms with Crippen LogP contribution in [0.2, 0.25) is 10.0 Å². The minimum absolute atomic E-state index is 0.0770. The Labute approximate surface area is 167 Å². The molecule has 0 unspecified atom stereocenters. The van der Waals surface area contributed by atoms with Gasteiger partial charge < -0.3 is 14.8 Å². The Bertz CT molecular complexity index is 707. The van der Waals surface area contributed by atoms with Gasteiger partial charge in [-0.15, -0.1) is 0 Å². The largest absolute Gasteiger partial charge is 0.477 e. The molecule has 2 rings (SSSR count). The number of esters is 1. The molecule has 27 heavy (non-hydrogen) atoms. The fourth-order valence-corrected chi connectivity index (χ4v) is 3.09. The summed E-state index contributed by atoms with van der Waals surface area (Å²) >= 11 is 11.8. The molecule has 3 amide bonds. The van der Waals surface area contributed by atoms with E-state index in [9.17, 15) is 14.4 Å². The lowest BCUT2D eigenvalue weighted by Crippen LogP contribution is -2.47. The average Bonchev–Trinajstić information content (AvgIpc) is 3.09. The third kappa shape index (κ3) is 6.59. The molecule has 1 fully saturated rings. The fourth-order valence-electron chi connectivity index (χ4n) is 2.64. The van der Waals surface area contributed by atoms with Gasteiger partial charge in [0.25, 0.3) is 5.91 Å². The highest BCUT2D eigenvalue weighted by molar-refractivity contribution is 6.35. The van der Waals surface area contributed by atoms with E-state index in [1.54, 1.807) is 6.07 Å². The number of nitrogens with one attached hydrogen (secondary N) is 2. The molecular formula is C18H22Cl2N2O5. The molecule has 0 aliphatic heterocycles. The molecule has 7 nitrogen and oxygen atoms in total. The first-order valence-corrected chi connectivity index (χ1v) is 9.45. The van der Waals surface area contributed by atoms with E-state index in [4.69, 9.17) is 32.7 Å². The van der Waals surface area contributed by atoms with E-state index in [1.165, 1.54) is 26.0 Å². The molecule has 9 heteroatoms. The number of ether oxygens (including phenoxy) is 2. The van der Waals surface area contributed by atoms with Gasteiger partial charge in [-0.25, -0.2) is 9.59 Å². The minimum Gasteiger partial charge on any atom is -0.477 e. The van der Waals surface area contributed by atoms with Crippen LogP contribution in [0.4, 0.5) is 4.79 Å². The van der Waals surface area contributed by atoms with E-state index in [2.05, 4.69) is 10.6 Å². The monoisotopic (exact) mass is 416 g/mol. The number of benzene rings is 1. The van der Waals surface area contributed by atoms with Crippen molar-refractivity contribution in [3.63, 3.8) is 0 Å². The summed E-state index contributed by atoms with van der Waals surface area (Å²) in [6, 6.07) is 4.06. The van der Waals surface area contributed by atoms with Crippen molar-refractivity contribution in [2.24, 2.45) is 0 Å². The number of hydrogen-bond acceptors (Lipinski definition) is 5. The summed E-state index contributed by atoms with van der Waals surface area (Å²) in [4.78, 5) is 35.9. The standard InChI is InChI=1S/C18H22Cl2N2O5/c1-10(16(23)22-18(25)21-13-5-3-4-6-13)27-17(24)11(2)26-15-8-7-12(19)9-14(15)20/h7-11,13H,3-6H2,1-2H3,(H2,21,22,23,25)/t10-,11+/m0/s1. The molecule has 0 saturated heterocycles. The first-order valence-electron chi connectivity index (χ1n) is 8.70. The quantitative estimate of drug-likeness (QED) is 0.692. The van der Waals surface area contributed by atoms with Crippen LogP contribution in [0.1, 0.15) is 39.5 Å². The lowest BCUT2D eigenvalue weighted by Gasteiger charge is -2.18. The predicted molar refractivity (Wildman–Crippen MR) is 101 cm³/mol. The van der Waals surface area contributed by atoms with E-state index in [-0.39, 0.29) is 16.8 Å². The van der Waals surface area contributed by atoms with E-state index < -0.39 is 30.1 Å². The third-order valence-corrected chi connectivity index (χ3v) is 4.65. The first-order chi connectivity index (χ1) is 12.8. The van der Waals surface area contributed by atoms with E-state index in [0.29, 0.717) is 5.02 Å². The number of hydrogen-bond donors (Lipinski definition) is 2. The maximum Gasteiger partial charge on any atom is 0.347 e. The van der Waals surface area contributed by atoms with Crippen molar-refractivity contribution < 1.29 is 23.9 Å². The Balaban J connectivity index is 1.80. The Morgan fingerprint density at radius 1 is 1.11 bits per heavy atom. The van der Waals surface area contributed by atoms with Gasteiger partial charge in [0.05, 0.1) is 5.02 Å². The van der Waals surface area contributed by atoms with E-state index >= 15 is 0 Å². The number of carbonyl (C=O) groups excluding carboxylic acids is 3. The second kappa shape index (κ2) is 9.80. The first kappa shape index (κ1) is 21.3. The minimum atomic E-state index is -1.15. The summed E-state index contributed by atoms with van der Waals surface area (Å²) in [6.07, 6.45) is 1.75. The van der Waals surface area contributed by atoms with Gasteiger partial charge in [0, 0.05) is 11.1 Å². The van der Waals surface area contributed by atoms with Crippen molar-refractivity contribution in [1.82, 2.24) is 10.6 Å². The maximum atomic E-state index is 12.1. The zero-order valence-electron chi connectivity index (χ0n) is 15.1. The van der Waals surface area contributed by atoms with Crippen molar-refractivity contribution >= 4 is 41.1 Å². The SMILES string of the molecule is C[C@H](OC(=O)[C@@H](C)Oc1ccc(Cl)cc1Cl)C(=O)NC(=O)NC1CCCC1. The molecular weight excluding hydrogens is 395 g/mol. The number of rotatable bonds is 6. The average molecular weight is 417 g/mol. The molecule has 2 N–H and O–H groups in total. The number of imide groups is 1. The number of amides is 3. The summed E-state index contributed by atoms with van der Waals surface area (Å²) in [5, 5.41) is 5.58. The Hall–Kier alpha value is -1.99. The molecule has 0 spiro atoms. The van der Waals surface area contributed by atoms with Gasteiger partial charge in [0.2, 0.25) is 0 Å². The summed E-state index contributed by atoms with van der Waals surface area (Å²) in [5.74, 6) is -1.21. The van der Waals surface area contributed by atoms with Gasteiger partial charge in [0.1, 0.15) is 5.75 Å². The highest BCUT2D eigenvalue weighted by Crippen LogP contribution is 2.28. The molecule has 0 radical (unpaired) electrons. The zero-order valence-corrected chi connectivity index (χ0v) is 16.6. The lowest BCUT2D eigenvalue weighted by molar-refractivity contribution is -0.160. The van der Waals surface area contributed by atoms with Crippen molar-refractivity contribution in [3.8, 4) is 5.75 Å². The van der Waals surface area contributed by atoms with Gasteiger partial charge in [-0.05, 0) is 44.9 Å². The second-order valence-corrected chi connectivity index (χ2v) is 7.20. The van der Waals surface area contributed by atoms with E-state index in [1.807, 2.05) is 0 Å². The van der Waals surface area contributed by atoms with Gasteiger partial charge >= 0.3 is 12.0 Å². The molecule has 0 bridgehead atoms. The molecule has 1 saturated carbocycles. The maximum absolute atomic E-state index is 12.1. The van der Waals surface area contributed by atoms with Crippen molar-refractivity contribution in [2.45, 2.75) is 57.8 Å². The topological polar surface area (TPSA) is 93.7 Å². The molecule has 0 heterocycles. The van der Waals surface area contributed by atoms with Crippen LogP contribution in [-0.4, -0.2) is 36.2 Å². The molecule has 1 aliphatic carbocycles. The molecule has 148 valence electrons. The fraction of sp³-hybridized carbons (Fsp3) is 0.500. The molecule has 0 aromatic heterocycles. The van der Waals surface area contributed by atoms with Crippen LogP contribution in [0.25, 0.3) is 0 Å². The van der Waals surface area contributed by atoms with E-state index in [0.717, 1.165) is 25.7 Å². The van der Waals surface area contributed by atoms with Gasteiger partial charge in [-0.3, -0.25) is 10.1 Å².